The van der Waals surface area contributed by atoms with Crippen molar-refractivity contribution in [3.63, 3.8) is 0 Å². The Balaban J connectivity index is 4.38. The first-order chi connectivity index (χ1) is 8.29. The minimum absolute atomic E-state index is 0.182. The van der Waals surface area contributed by atoms with Gasteiger partial charge in [0.15, 0.2) is 0 Å². The van der Waals surface area contributed by atoms with Crippen LogP contribution in [0, 0.1) is 0 Å². The zero-order valence-corrected chi connectivity index (χ0v) is 10.6. The fourth-order valence-corrected chi connectivity index (χ4v) is 1.31. The zero-order chi connectivity index (χ0) is 14.2. The fraction of sp³-hybridized carbons (Fsp3) is 0.538. The van der Waals surface area contributed by atoms with Crippen LogP contribution in [0.4, 0.5) is 13.2 Å². The molecule has 0 rings (SSSR count). The molecule has 0 aliphatic rings. The normalized spacial score (nSPS) is 12.3. The molecule has 18 heavy (non-hydrogen) atoms. The summed E-state index contributed by atoms with van der Waals surface area (Å²) in [5, 5.41) is 0. The Morgan fingerprint density at radius 3 is 2.28 bits per heavy atom. The number of hydrogen-bond donors (Lipinski definition) is 1. The van der Waals surface area contributed by atoms with Crippen LogP contribution in [-0.2, 0) is 4.74 Å². The van der Waals surface area contributed by atoms with Gasteiger partial charge in [0, 0.05) is 5.70 Å². The summed E-state index contributed by atoms with van der Waals surface area (Å²) < 4.78 is 43.0. The number of allylic oxidation sites excluding steroid dienone is 2. The first kappa shape index (κ1) is 16.6. The van der Waals surface area contributed by atoms with Crippen molar-refractivity contribution in [1.29, 1.82) is 0 Å². The van der Waals surface area contributed by atoms with E-state index in [0.29, 0.717) is 6.42 Å². The third-order valence-corrected chi connectivity index (χ3v) is 2.21. The van der Waals surface area contributed by atoms with Gasteiger partial charge in [0.1, 0.15) is 5.76 Å². The highest BCUT2D eigenvalue weighted by Crippen LogP contribution is 2.31. The van der Waals surface area contributed by atoms with E-state index in [-0.39, 0.29) is 12.3 Å². The highest BCUT2D eigenvalue weighted by Gasteiger charge is 2.36. The average molecular weight is 263 g/mol. The minimum Gasteiger partial charge on any atom is -0.494 e. The van der Waals surface area contributed by atoms with Crippen LogP contribution in [0.2, 0.25) is 0 Å². The number of alkyl halides is 3. The molecule has 0 saturated carbocycles. The molecule has 0 heterocycles. The molecule has 0 unspecified atom stereocenters. The van der Waals surface area contributed by atoms with E-state index in [4.69, 9.17) is 10.5 Å². The summed E-state index contributed by atoms with van der Waals surface area (Å²) in [6, 6.07) is 0. The van der Waals surface area contributed by atoms with E-state index in [1.165, 1.54) is 0 Å². The lowest BCUT2D eigenvalue weighted by atomic mass is 10.2. The molecule has 0 aromatic heterocycles. The average Bonchev–Trinajstić information content (AvgIpc) is 2.23. The Hall–Kier alpha value is -1.39. The van der Waals surface area contributed by atoms with Crippen molar-refractivity contribution in [3.8, 4) is 0 Å². The van der Waals surface area contributed by atoms with Crippen molar-refractivity contribution in [3.05, 3.63) is 36.3 Å². The Labute approximate surface area is 106 Å². The summed E-state index contributed by atoms with van der Waals surface area (Å²) in [4.78, 5) is 0. The van der Waals surface area contributed by atoms with Gasteiger partial charge in [-0.25, -0.2) is 0 Å². The van der Waals surface area contributed by atoms with E-state index in [1.54, 1.807) is 0 Å². The van der Waals surface area contributed by atoms with Gasteiger partial charge in [-0.15, -0.1) is 0 Å². The maximum Gasteiger partial charge on any atom is 0.420 e. The molecule has 2 N–H and O–H groups in total. The van der Waals surface area contributed by atoms with Gasteiger partial charge in [0.25, 0.3) is 0 Å². The molecule has 5 heteroatoms. The van der Waals surface area contributed by atoms with Gasteiger partial charge >= 0.3 is 6.18 Å². The predicted molar refractivity (Wildman–Crippen MR) is 66.7 cm³/mol. The van der Waals surface area contributed by atoms with E-state index >= 15 is 0 Å². The topological polar surface area (TPSA) is 35.2 Å². The number of rotatable bonds is 8. The van der Waals surface area contributed by atoms with Gasteiger partial charge in [0.2, 0.25) is 0 Å². The molecule has 0 radical (unpaired) electrons. The van der Waals surface area contributed by atoms with Crippen molar-refractivity contribution in [2.45, 2.75) is 38.8 Å². The molecule has 0 fully saturated rings. The third-order valence-electron chi connectivity index (χ3n) is 2.21. The lowest BCUT2D eigenvalue weighted by Crippen LogP contribution is -2.16. The molecule has 0 spiro atoms. The van der Waals surface area contributed by atoms with Gasteiger partial charge in [-0.1, -0.05) is 39.3 Å². The highest BCUT2D eigenvalue weighted by atomic mass is 19.4. The second kappa shape index (κ2) is 7.84. The molecule has 0 saturated heterocycles. The van der Waals surface area contributed by atoms with Crippen molar-refractivity contribution in [2.24, 2.45) is 5.73 Å². The van der Waals surface area contributed by atoms with Crippen LogP contribution in [0.15, 0.2) is 36.3 Å². The van der Waals surface area contributed by atoms with E-state index < -0.39 is 17.5 Å². The standard InChI is InChI=1S/C13H20F3NO/c1-4-5-6-7-8-18-11(3)12(9-10(2)17)13(14,15)16/h9H,2-8,17H2,1H3/b12-9+. The van der Waals surface area contributed by atoms with E-state index in [2.05, 4.69) is 20.1 Å². The molecule has 0 aliphatic heterocycles. The maximum atomic E-state index is 12.7. The van der Waals surface area contributed by atoms with Crippen molar-refractivity contribution >= 4 is 0 Å². The number of unbranched alkanes of at least 4 members (excludes halogenated alkanes) is 3. The second-order valence-corrected chi connectivity index (χ2v) is 3.96. The van der Waals surface area contributed by atoms with Gasteiger partial charge in [-0.2, -0.15) is 13.2 Å². The molecule has 0 aromatic rings. The molecular weight excluding hydrogens is 243 g/mol. The van der Waals surface area contributed by atoms with Crippen LogP contribution < -0.4 is 5.73 Å². The second-order valence-electron chi connectivity index (χ2n) is 3.96. The zero-order valence-electron chi connectivity index (χ0n) is 10.6. The van der Waals surface area contributed by atoms with Crippen LogP contribution in [0.1, 0.15) is 32.6 Å². The first-order valence-electron chi connectivity index (χ1n) is 5.84. The highest BCUT2D eigenvalue weighted by molar-refractivity contribution is 5.33. The van der Waals surface area contributed by atoms with Crippen LogP contribution in [0.25, 0.3) is 0 Å². The van der Waals surface area contributed by atoms with Crippen LogP contribution in [0.5, 0.6) is 0 Å². The number of nitrogens with two attached hydrogens (primary N) is 1. The number of ether oxygens (including phenoxy) is 1. The van der Waals surface area contributed by atoms with Crippen LogP contribution in [0.3, 0.4) is 0 Å². The summed E-state index contributed by atoms with van der Waals surface area (Å²) in [6.45, 7) is 8.78. The summed E-state index contributed by atoms with van der Waals surface area (Å²) >= 11 is 0. The smallest absolute Gasteiger partial charge is 0.420 e. The van der Waals surface area contributed by atoms with E-state index in [0.717, 1.165) is 25.3 Å². The monoisotopic (exact) mass is 263 g/mol. The quantitative estimate of drug-likeness (QED) is 0.407. The molecule has 2 nitrogen and oxygen atoms in total. The van der Waals surface area contributed by atoms with Gasteiger partial charge < -0.3 is 10.5 Å². The summed E-state index contributed by atoms with van der Waals surface area (Å²) in [5.74, 6) is -0.411. The van der Waals surface area contributed by atoms with Gasteiger partial charge in [-0.05, 0) is 12.5 Å². The molecule has 104 valence electrons. The van der Waals surface area contributed by atoms with Gasteiger partial charge in [-0.3, -0.25) is 0 Å². The molecule has 0 atom stereocenters. The summed E-state index contributed by atoms with van der Waals surface area (Å²) in [6.07, 6.45) is -0.0732. The summed E-state index contributed by atoms with van der Waals surface area (Å²) in [7, 11) is 0. The Morgan fingerprint density at radius 1 is 1.22 bits per heavy atom. The molecule has 0 aromatic carbocycles. The SMILES string of the molecule is C=C(N)/C=C(\C(=C)OCCCCCC)C(F)(F)F. The summed E-state index contributed by atoms with van der Waals surface area (Å²) in [5.41, 5.74) is 3.99. The number of hydrogen-bond acceptors (Lipinski definition) is 2. The van der Waals surface area contributed by atoms with Crippen molar-refractivity contribution < 1.29 is 17.9 Å². The third kappa shape index (κ3) is 7.04. The lowest BCUT2D eigenvalue weighted by molar-refractivity contribution is -0.0939. The maximum absolute atomic E-state index is 12.7. The lowest BCUT2D eigenvalue weighted by Gasteiger charge is -2.15. The first-order valence-corrected chi connectivity index (χ1v) is 5.84. The Kier molecular flexibility index (Phi) is 7.24. The van der Waals surface area contributed by atoms with Crippen molar-refractivity contribution in [2.75, 3.05) is 6.61 Å². The minimum atomic E-state index is -4.54. The Bertz CT molecular complexity index is 319. The number of halogens is 3. The molecule has 0 bridgehead atoms. The molecule has 0 amide bonds. The molecular formula is C13H20F3NO. The fourth-order valence-electron chi connectivity index (χ4n) is 1.31. The van der Waals surface area contributed by atoms with Gasteiger partial charge in [0.05, 0.1) is 12.2 Å². The van der Waals surface area contributed by atoms with E-state index in [1.807, 2.05) is 0 Å². The predicted octanol–water partition coefficient (Wildman–Crippen LogP) is 4.06. The van der Waals surface area contributed by atoms with Crippen LogP contribution >= 0.6 is 0 Å². The van der Waals surface area contributed by atoms with Crippen LogP contribution in [-0.4, -0.2) is 12.8 Å². The largest absolute Gasteiger partial charge is 0.494 e. The van der Waals surface area contributed by atoms with Crippen molar-refractivity contribution in [1.82, 2.24) is 0 Å². The van der Waals surface area contributed by atoms with E-state index in [9.17, 15) is 13.2 Å². The molecule has 0 aliphatic carbocycles. The Morgan fingerprint density at radius 2 is 1.83 bits per heavy atom.